The van der Waals surface area contributed by atoms with Gasteiger partial charge in [-0.3, -0.25) is 4.79 Å². The first-order chi connectivity index (χ1) is 19.6. The number of benzene rings is 2. The van der Waals surface area contributed by atoms with E-state index in [1.807, 2.05) is 59.5 Å². The van der Waals surface area contributed by atoms with Crippen LogP contribution < -0.4 is 5.32 Å². The fourth-order valence-corrected chi connectivity index (χ4v) is 4.88. The number of nitriles is 1. The van der Waals surface area contributed by atoms with Crippen molar-refractivity contribution >= 4 is 5.91 Å². The molecule has 2 aromatic carbocycles. The van der Waals surface area contributed by atoms with Crippen LogP contribution in [0.2, 0.25) is 0 Å². The van der Waals surface area contributed by atoms with Gasteiger partial charge in [0.15, 0.2) is 0 Å². The van der Waals surface area contributed by atoms with Gasteiger partial charge in [-0.1, -0.05) is 115 Å². The second-order valence-corrected chi connectivity index (χ2v) is 10.9. The number of carbonyl (C=O) groups is 1. The van der Waals surface area contributed by atoms with Gasteiger partial charge in [-0.25, -0.2) is 4.98 Å². The molecule has 2 N–H and O–H groups in total. The average Bonchev–Trinajstić information content (AvgIpc) is 3.69. The Morgan fingerprint density at radius 3 is 2.40 bits per heavy atom. The lowest BCUT2D eigenvalue weighted by atomic mass is 10.0. The Balaban J connectivity index is 0.000000307. The summed E-state index contributed by atoms with van der Waals surface area (Å²) in [5, 5.41) is 12.4. The summed E-state index contributed by atoms with van der Waals surface area (Å²) in [7, 11) is 0. The van der Waals surface area contributed by atoms with E-state index < -0.39 is 0 Å². The molecule has 1 aliphatic carbocycles. The fraction of sp³-hybridized carbons (Fsp3) is 0.500. The lowest BCUT2D eigenvalue weighted by Gasteiger charge is -2.36. The summed E-state index contributed by atoms with van der Waals surface area (Å²) in [5.41, 5.74) is 3.88. The molecular weight excluding hydrogens is 494 g/mol. The van der Waals surface area contributed by atoms with E-state index in [1.54, 1.807) is 6.33 Å². The van der Waals surface area contributed by atoms with Crippen molar-refractivity contribution in [2.75, 3.05) is 19.6 Å². The molecule has 2 fully saturated rings. The number of nitrogens with zero attached hydrogens (tertiary/aromatic N) is 3. The molecule has 6 nitrogen and oxygen atoms in total. The van der Waals surface area contributed by atoms with E-state index in [0.717, 1.165) is 36.6 Å². The van der Waals surface area contributed by atoms with Crippen LogP contribution in [0, 0.1) is 17.2 Å². The summed E-state index contributed by atoms with van der Waals surface area (Å²) in [6.07, 6.45) is 14.0. The van der Waals surface area contributed by atoms with Crippen molar-refractivity contribution < 1.29 is 4.79 Å². The first-order valence-electron chi connectivity index (χ1n) is 15.2. The van der Waals surface area contributed by atoms with Crippen LogP contribution in [0.5, 0.6) is 0 Å². The van der Waals surface area contributed by atoms with Crippen LogP contribution >= 0.6 is 0 Å². The van der Waals surface area contributed by atoms with Gasteiger partial charge in [-0.2, -0.15) is 5.26 Å². The number of aromatic nitrogens is 2. The number of unbranched alkanes of at least 4 members (excludes halogenated alkanes) is 3. The molecule has 0 spiro atoms. The van der Waals surface area contributed by atoms with Crippen LogP contribution in [-0.2, 0) is 6.42 Å². The van der Waals surface area contributed by atoms with Crippen LogP contribution in [0.25, 0.3) is 11.3 Å². The van der Waals surface area contributed by atoms with Crippen molar-refractivity contribution in [3.63, 3.8) is 0 Å². The molecule has 0 radical (unpaired) electrons. The highest BCUT2D eigenvalue weighted by molar-refractivity contribution is 5.98. The number of hydrogen-bond donors (Lipinski definition) is 2. The van der Waals surface area contributed by atoms with E-state index in [0.29, 0.717) is 23.5 Å². The minimum absolute atomic E-state index is 0.0310. The molecule has 6 heteroatoms. The Morgan fingerprint density at radius 2 is 1.75 bits per heavy atom. The number of amides is 1. The number of carbonyl (C=O) groups excluding carboxylic acids is 1. The second-order valence-electron chi connectivity index (χ2n) is 10.9. The van der Waals surface area contributed by atoms with Gasteiger partial charge >= 0.3 is 0 Å². The number of nitrogens with one attached hydrogen (secondary N) is 2. The van der Waals surface area contributed by atoms with Crippen molar-refractivity contribution in [3.05, 3.63) is 77.7 Å². The van der Waals surface area contributed by atoms with Crippen molar-refractivity contribution in [2.45, 2.75) is 84.6 Å². The van der Waals surface area contributed by atoms with E-state index in [9.17, 15) is 4.79 Å². The maximum absolute atomic E-state index is 13.3. The standard InChI is InChI=1S/C22H21N5O.C9H18.C3H8/c23-13-17-8-6-16(7-9-17)12-19-14-24-10-11-27(19)22(28)21-20(25-15-26-21)18-4-2-1-3-5-18;1-2-3-4-5-6-9-7-8-9;1-3-2/h1-9,15,19,24H,10-12,14H2,(H,25,26);9H,2-8H2,1H3;3H2,1-2H3. The summed E-state index contributed by atoms with van der Waals surface area (Å²) in [6, 6.07) is 19.5. The molecule has 40 heavy (non-hydrogen) atoms. The molecule has 2 heterocycles. The normalized spacial score (nSPS) is 16.1. The summed E-state index contributed by atoms with van der Waals surface area (Å²) in [5.74, 6) is 1.12. The zero-order valence-electron chi connectivity index (χ0n) is 24.7. The third-order valence-corrected chi connectivity index (χ3v) is 7.23. The van der Waals surface area contributed by atoms with E-state index in [4.69, 9.17) is 5.26 Å². The highest BCUT2D eigenvalue weighted by Crippen LogP contribution is 2.34. The monoisotopic (exact) mass is 541 g/mol. The topological polar surface area (TPSA) is 84.8 Å². The smallest absolute Gasteiger partial charge is 0.272 e. The van der Waals surface area contributed by atoms with Crippen LogP contribution in [0.3, 0.4) is 0 Å². The van der Waals surface area contributed by atoms with Crippen molar-refractivity contribution in [1.29, 1.82) is 5.26 Å². The summed E-state index contributed by atoms with van der Waals surface area (Å²) in [4.78, 5) is 22.7. The Labute approximate surface area is 241 Å². The zero-order chi connectivity index (χ0) is 28.6. The molecule has 1 saturated heterocycles. The number of imidazole rings is 1. The molecule has 1 saturated carbocycles. The minimum Gasteiger partial charge on any atom is -0.340 e. The van der Waals surface area contributed by atoms with Gasteiger partial charge < -0.3 is 15.2 Å². The Morgan fingerprint density at radius 1 is 1.02 bits per heavy atom. The van der Waals surface area contributed by atoms with E-state index in [-0.39, 0.29) is 11.9 Å². The number of rotatable bonds is 9. The van der Waals surface area contributed by atoms with Gasteiger partial charge in [-0.05, 0) is 30.0 Å². The van der Waals surface area contributed by atoms with Crippen molar-refractivity contribution in [3.8, 4) is 17.3 Å². The van der Waals surface area contributed by atoms with Crippen molar-refractivity contribution in [2.24, 2.45) is 5.92 Å². The first kappa shape index (κ1) is 31.1. The molecule has 2 aliphatic rings. The van der Waals surface area contributed by atoms with Crippen LogP contribution in [0.4, 0.5) is 0 Å². The molecule has 1 aliphatic heterocycles. The fourth-order valence-electron chi connectivity index (χ4n) is 4.88. The lowest BCUT2D eigenvalue weighted by Crippen LogP contribution is -2.54. The highest BCUT2D eigenvalue weighted by atomic mass is 16.2. The van der Waals surface area contributed by atoms with E-state index >= 15 is 0 Å². The van der Waals surface area contributed by atoms with Crippen LogP contribution in [-0.4, -0.2) is 46.5 Å². The molecular formula is C34H47N5O. The molecule has 3 aromatic rings. The van der Waals surface area contributed by atoms with E-state index in [2.05, 4.69) is 42.1 Å². The summed E-state index contributed by atoms with van der Waals surface area (Å²) in [6.45, 7) is 8.68. The lowest BCUT2D eigenvalue weighted by molar-refractivity contribution is 0.0631. The molecule has 0 bridgehead atoms. The first-order valence-corrected chi connectivity index (χ1v) is 15.2. The third kappa shape index (κ3) is 9.95. The predicted octanol–water partition coefficient (Wildman–Crippen LogP) is 7.39. The van der Waals surface area contributed by atoms with Gasteiger partial charge in [0.1, 0.15) is 11.4 Å². The number of hydrogen-bond acceptors (Lipinski definition) is 4. The Kier molecular flexibility index (Phi) is 13.5. The minimum atomic E-state index is -0.0310. The Bertz CT molecular complexity index is 1160. The summed E-state index contributed by atoms with van der Waals surface area (Å²) < 4.78 is 0. The molecule has 214 valence electrons. The molecule has 1 amide bonds. The average molecular weight is 542 g/mol. The zero-order valence-corrected chi connectivity index (χ0v) is 24.7. The van der Waals surface area contributed by atoms with Gasteiger partial charge in [0.2, 0.25) is 0 Å². The summed E-state index contributed by atoms with van der Waals surface area (Å²) >= 11 is 0. The van der Waals surface area contributed by atoms with E-state index in [1.165, 1.54) is 51.4 Å². The number of aromatic amines is 1. The molecule has 1 unspecified atom stereocenters. The molecule has 1 atom stereocenters. The number of piperazine rings is 1. The van der Waals surface area contributed by atoms with Gasteiger partial charge in [-0.15, -0.1) is 0 Å². The van der Waals surface area contributed by atoms with Gasteiger partial charge in [0, 0.05) is 31.2 Å². The molecule has 1 aromatic heterocycles. The predicted molar refractivity (Wildman–Crippen MR) is 164 cm³/mol. The Hall–Kier alpha value is -3.43. The van der Waals surface area contributed by atoms with Gasteiger partial charge in [0.25, 0.3) is 5.91 Å². The van der Waals surface area contributed by atoms with Crippen molar-refractivity contribution in [1.82, 2.24) is 20.2 Å². The van der Waals surface area contributed by atoms with Crippen LogP contribution in [0.15, 0.2) is 60.9 Å². The van der Waals surface area contributed by atoms with Crippen LogP contribution in [0.1, 0.15) is 93.8 Å². The highest BCUT2D eigenvalue weighted by Gasteiger charge is 2.30. The third-order valence-electron chi connectivity index (χ3n) is 7.23. The second kappa shape index (κ2) is 17.3. The number of H-pyrrole nitrogens is 1. The largest absolute Gasteiger partial charge is 0.340 e. The molecule has 5 rings (SSSR count). The maximum atomic E-state index is 13.3. The quantitative estimate of drug-likeness (QED) is 0.277. The SMILES string of the molecule is CCC.CCCCCCC1CC1.N#Cc1ccc(CC2CNCCN2C(=O)c2[nH]cnc2-c2ccccc2)cc1. The van der Waals surface area contributed by atoms with Gasteiger partial charge in [0.05, 0.1) is 18.0 Å². The maximum Gasteiger partial charge on any atom is 0.272 e.